The minimum absolute atomic E-state index is 0.0833. The third-order valence-corrected chi connectivity index (χ3v) is 3.90. The van der Waals surface area contributed by atoms with E-state index in [0.717, 1.165) is 16.5 Å². The molecule has 2 heterocycles. The number of para-hydroxylation sites is 1. The van der Waals surface area contributed by atoms with Crippen LogP contribution >= 0.6 is 0 Å². The van der Waals surface area contributed by atoms with Gasteiger partial charge >= 0.3 is 0 Å². The van der Waals surface area contributed by atoms with Gasteiger partial charge in [-0.2, -0.15) is 0 Å². The number of anilines is 1. The number of hydrogen-bond donors (Lipinski definition) is 1. The van der Waals surface area contributed by atoms with E-state index in [9.17, 15) is 4.79 Å². The van der Waals surface area contributed by atoms with Crippen LogP contribution in [-0.4, -0.2) is 20.4 Å². The molecule has 0 bridgehead atoms. The van der Waals surface area contributed by atoms with Gasteiger partial charge in [0, 0.05) is 28.9 Å². The number of carbonyl (C=O) groups is 1. The topological polar surface area (TPSA) is 73.8 Å². The summed E-state index contributed by atoms with van der Waals surface area (Å²) >= 11 is 0. The smallest absolute Gasteiger partial charge is 0.262 e. The van der Waals surface area contributed by atoms with Crippen molar-refractivity contribution in [2.75, 3.05) is 5.73 Å². The van der Waals surface area contributed by atoms with Gasteiger partial charge in [0.15, 0.2) is 0 Å². The zero-order chi connectivity index (χ0) is 16.5. The Labute approximate surface area is 138 Å². The molecule has 116 valence electrons. The molecule has 2 N–H and O–H groups in total. The van der Waals surface area contributed by atoms with Crippen molar-refractivity contribution in [3.8, 4) is 11.3 Å². The van der Waals surface area contributed by atoms with Crippen LogP contribution in [0.25, 0.3) is 22.2 Å². The molecule has 0 fully saturated rings. The Balaban J connectivity index is 1.94. The summed E-state index contributed by atoms with van der Waals surface area (Å²) in [4.78, 5) is 21.1. The highest BCUT2D eigenvalue weighted by molar-refractivity contribution is 6.06. The molecule has 0 radical (unpaired) electrons. The molecule has 24 heavy (non-hydrogen) atoms. The van der Waals surface area contributed by atoms with Crippen molar-refractivity contribution in [2.24, 2.45) is 0 Å². The lowest BCUT2D eigenvalue weighted by Crippen LogP contribution is -2.10. The predicted molar refractivity (Wildman–Crippen MR) is 93.5 cm³/mol. The van der Waals surface area contributed by atoms with Gasteiger partial charge in [-0.15, -0.1) is 0 Å². The zero-order valence-corrected chi connectivity index (χ0v) is 12.8. The fraction of sp³-hybridized carbons (Fsp3) is 0. The molecule has 0 atom stereocenters. The molecule has 5 nitrogen and oxygen atoms in total. The van der Waals surface area contributed by atoms with Gasteiger partial charge in [0.05, 0.1) is 11.2 Å². The van der Waals surface area contributed by atoms with Crippen molar-refractivity contribution in [1.82, 2.24) is 14.5 Å². The summed E-state index contributed by atoms with van der Waals surface area (Å²) in [5, 5.41) is 0.944. The first-order valence-electron chi connectivity index (χ1n) is 7.53. The maximum atomic E-state index is 12.9. The Bertz CT molecular complexity index is 1040. The fourth-order valence-corrected chi connectivity index (χ4v) is 2.80. The molecule has 4 rings (SSSR count). The minimum Gasteiger partial charge on any atom is -0.368 e. The van der Waals surface area contributed by atoms with Gasteiger partial charge < -0.3 is 5.73 Å². The first kappa shape index (κ1) is 14.1. The Kier molecular flexibility index (Phi) is 3.31. The van der Waals surface area contributed by atoms with E-state index in [1.807, 2.05) is 48.7 Å². The van der Waals surface area contributed by atoms with E-state index in [1.165, 1.54) is 0 Å². The van der Waals surface area contributed by atoms with Crippen LogP contribution in [0.2, 0.25) is 0 Å². The Morgan fingerprint density at radius 3 is 2.50 bits per heavy atom. The fourth-order valence-electron chi connectivity index (χ4n) is 2.80. The number of benzene rings is 2. The molecule has 0 spiro atoms. The molecule has 0 saturated carbocycles. The molecule has 4 aromatic rings. The van der Waals surface area contributed by atoms with Crippen molar-refractivity contribution < 1.29 is 4.79 Å². The second-order valence-electron chi connectivity index (χ2n) is 5.40. The highest BCUT2D eigenvalue weighted by Crippen LogP contribution is 2.30. The highest BCUT2D eigenvalue weighted by Gasteiger charge is 2.16. The van der Waals surface area contributed by atoms with Crippen molar-refractivity contribution >= 4 is 22.8 Å². The zero-order valence-electron chi connectivity index (χ0n) is 12.8. The van der Waals surface area contributed by atoms with Gasteiger partial charge in [-0.25, -0.2) is 9.97 Å². The van der Waals surface area contributed by atoms with Crippen LogP contribution < -0.4 is 5.73 Å². The average Bonchev–Trinajstić information content (AvgIpc) is 3.01. The van der Waals surface area contributed by atoms with Crippen LogP contribution in [0.3, 0.4) is 0 Å². The monoisotopic (exact) mass is 314 g/mol. The molecular weight excluding hydrogens is 300 g/mol. The van der Waals surface area contributed by atoms with Crippen LogP contribution in [0.15, 0.2) is 73.1 Å². The molecule has 0 saturated heterocycles. The van der Waals surface area contributed by atoms with Gasteiger partial charge in [0.1, 0.15) is 0 Å². The summed E-state index contributed by atoms with van der Waals surface area (Å²) in [6.45, 7) is 0. The first-order valence-corrected chi connectivity index (χ1v) is 7.53. The first-order chi connectivity index (χ1) is 11.7. The van der Waals surface area contributed by atoms with Gasteiger partial charge in [-0.1, -0.05) is 36.4 Å². The summed E-state index contributed by atoms with van der Waals surface area (Å²) in [5.74, 6) is 0.124. The van der Waals surface area contributed by atoms with Crippen molar-refractivity contribution in [3.63, 3.8) is 0 Å². The van der Waals surface area contributed by atoms with Gasteiger partial charge in [0.2, 0.25) is 5.95 Å². The van der Waals surface area contributed by atoms with Crippen molar-refractivity contribution in [3.05, 3.63) is 78.6 Å². The van der Waals surface area contributed by atoms with E-state index in [1.54, 1.807) is 29.0 Å². The van der Waals surface area contributed by atoms with E-state index >= 15 is 0 Å². The molecule has 0 amide bonds. The van der Waals surface area contributed by atoms with E-state index in [4.69, 9.17) is 5.73 Å². The summed E-state index contributed by atoms with van der Waals surface area (Å²) in [6, 6.07) is 18.7. The van der Waals surface area contributed by atoms with Crippen LogP contribution in [0.4, 0.5) is 5.95 Å². The summed E-state index contributed by atoms with van der Waals surface area (Å²) in [6.07, 6.45) is 3.42. The van der Waals surface area contributed by atoms with Crippen molar-refractivity contribution in [1.29, 1.82) is 0 Å². The average molecular weight is 314 g/mol. The van der Waals surface area contributed by atoms with Crippen molar-refractivity contribution in [2.45, 2.75) is 0 Å². The lowest BCUT2D eigenvalue weighted by molar-refractivity contribution is 0.0965. The summed E-state index contributed by atoms with van der Waals surface area (Å²) in [5.41, 5.74) is 8.71. The Morgan fingerprint density at radius 2 is 1.71 bits per heavy atom. The SMILES string of the molecule is Nc1nccc(-c2cn(C(=O)c3ccccc3)c3ccccc23)n1. The maximum Gasteiger partial charge on any atom is 0.262 e. The molecule has 0 aliphatic rings. The number of carbonyl (C=O) groups excluding carboxylic acids is 1. The summed E-state index contributed by atoms with van der Waals surface area (Å²) in [7, 11) is 0. The summed E-state index contributed by atoms with van der Waals surface area (Å²) < 4.78 is 1.65. The molecular formula is C19H14N4O. The number of aromatic nitrogens is 3. The van der Waals surface area contributed by atoms with Crippen LogP contribution in [0.1, 0.15) is 10.4 Å². The van der Waals surface area contributed by atoms with E-state index in [2.05, 4.69) is 9.97 Å². The second kappa shape index (κ2) is 5.62. The lowest BCUT2D eigenvalue weighted by Gasteiger charge is -2.03. The molecule has 0 unspecified atom stereocenters. The quantitative estimate of drug-likeness (QED) is 0.615. The van der Waals surface area contributed by atoms with E-state index < -0.39 is 0 Å². The second-order valence-corrected chi connectivity index (χ2v) is 5.40. The van der Waals surface area contributed by atoms with Gasteiger partial charge in [0.25, 0.3) is 5.91 Å². The lowest BCUT2D eigenvalue weighted by atomic mass is 10.1. The highest BCUT2D eigenvalue weighted by atomic mass is 16.2. The van der Waals surface area contributed by atoms with E-state index in [-0.39, 0.29) is 11.9 Å². The predicted octanol–water partition coefficient (Wildman–Crippen LogP) is 3.37. The number of hydrogen-bond acceptors (Lipinski definition) is 4. The van der Waals surface area contributed by atoms with Gasteiger partial charge in [-0.3, -0.25) is 9.36 Å². The third kappa shape index (κ3) is 2.32. The normalized spacial score (nSPS) is 10.8. The minimum atomic E-state index is -0.0833. The Morgan fingerprint density at radius 1 is 0.958 bits per heavy atom. The molecule has 2 aromatic heterocycles. The van der Waals surface area contributed by atoms with Crippen LogP contribution in [-0.2, 0) is 0 Å². The number of nitrogen functional groups attached to an aromatic ring is 1. The number of rotatable bonds is 2. The molecule has 5 heteroatoms. The standard InChI is InChI=1S/C19H14N4O/c20-19-21-11-10-16(22-19)15-12-23(17-9-5-4-8-14(15)17)18(24)13-6-2-1-3-7-13/h1-12H,(H2,20,21,22). The molecule has 2 aromatic carbocycles. The largest absolute Gasteiger partial charge is 0.368 e. The van der Waals surface area contributed by atoms with Crippen LogP contribution in [0.5, 0.6) is 0 Å². The third-order valence-electron chi connectivity index (χ3n) is 3.90. The number of nitrogens with zero attached hydrogens (tertiary/aromatic N) is 3. The number of fused-ring (bicyclic) bond motifs is 1. The van der Waals surface area contributed by atoms with Gasteiger partial charge in [-0.05, 0) is 24.3 Å². The molecule has 0 aliphatic carbocycles. The maximum absolute atomic E-state index is 12.9. The number of nitrogens with two attached hydrogens (primary N) is 1. The van der Waals surface area contributed by atoms with Crippen LogP contribution in [0, 0.1) is 0 Å². The Hall–Kier alpha value is -3.47. The molecule has 0 aliphatic heterocycles. The van der Waals surface area contributed by atoms with E-state index in [0.29, 0.717) is 11.3 Å².